The number of sulfonamides is 1. The fourth-order valence-electron chi connectivity index (χ4n) is 2.80. The average Bonchev–Trinajstić information content (AvgIpc) is 3.20. The molecule has 28 heavy (non-hydrogen) atoms. The van der Waals surface area contributed by atoms with Crippen LogP contribution in [-0.2, 0) is 14.8 Å². The number of carbonyl (C=O) groups excluding carboxylic acids is 1. The number of fused-ring (bicyclic) bond motifs is 2. The SMILES string of the molecule is CSc1nc2ccc(NC(=O)C(C)N=C3NS(=O)(=O)c4ccccc43)cc2s1. The van der Waals surface area contributed by atoms with Crippen molar-refractivity contribution in [2.75, 3.05) is 11.6 Å². The third kappa shape index (κ3) is 3.50. The van der Waals surface area contributed by atoms with Gasteiger partial charge in [-0.05, 0) is 43.5 Å². The number of hydrogen-bond donors (Lipinski definition) is 2. The Morgan fingerprint density at radius 1 is 1.29 bits per heavy atom. The second-order valence-electron chi connectivity index (χ2n) is 6.11. The van der Waals surface area contributed by atoms with Crippen LogP contribution in [0, 0.1) is 0 Å². The van der Waals surface area contributed by atoms with E-state index < -0.39 is 16.1 Å². The molecule has 10 heteroatoms. The van der Waals surface area contributed by atoms with Gasteiger partial charge in [0, 0.05) is 11.3 Å². The summed E-state index contributed by atoms with van der Waals surface area (Å²) in [5.41, 5.74) is 2.00. The highest BCUT2D eigenvalue weighted by Crippen LogP contribution is 2.30. The Morgan fingerprint density at radius 2 is 2.07 bits per heavy atom. The van der Waals surface area contributed by atoms with E-state index in [0.29, 0.717) is 11.3 Å². The van der Waals surface area contributed by atoms with Crippen molar-refractivity contribution in [2.24, 2.45) is 4.99 Å². The smallest absolute Gasteiger partial charge is 0.263 e. The molecule has 2 N–H and O–H groups in total. The number of amidine groups is 1. The Labute approximate surface area is 170 Å². The third-order valence-corrected chi connectivity index (χ3v) is 7.58. The maximum Gasteiger partial charge on any atom is 0.263 e. The predicted molar refractivity (Wildman–Crippen MR) is 113 cm³/mol. The van der Waals surface area contributed by atoms with Crippen LogP contribution in [0.25, 0.3) is 10.2 Å². The number of aliphatic imine (C=N–C) groups is 1. The zero-order valence-electron chi connectivity index (χ0n) is 15.0. The molecule has 0 aliphatic carbocycles. The molecule has 0 spiro atoms. The van der Waals surface area contributed by atoms with Gasteiger partial charge in [0.15, 0.2) is 4.34 Å². The predicted octanol–water partition coefficient (Wildman–Crippen LogP) is 3.08. The molecule has 2 heterocycles. The molecule has 4 rings (SSSR count). The average molecular weight is 433 g/mol. The number of amides is 1. The lowest BCUT2D eigenvalue weighted by Crippen LogP contribution is -2.28. The van der Waals surface area contributed by atoms with Gasteiger partial charge < -0.3 is 5.32 Å². The number of nitrogens with zero attached hydrogens (tertiary/aromatic N) is 2. The summed E-state index contributed by atoms with van der Waals surface area (Å²) in [4.78, 5) is 21.5. The minimum atomic E-state index is -3.63. The summed E-state index contributed by atoms with van der Waals surface area (Å²) in [6.07, 6.45) is 1.97. The molecule has 1 atom stereocenters. The molecule has 144 valence electrons. The Morgan fingerprint density at radius 3 is 2.86 bits per heavy atom. The van der Waals surface area contributed by atoms with E-state index in [1.165, 1.54) is 6.07 Å². The van der Waals surface area contributed by atoms with Gasteiger partial charge in [-0.25, -0.2) is 13.4 Å². The highest BCUT2D eigenvalue weighted by atomic mass is 32.2. The van der Waals surface area contributed by atoms with Crippen LogP contribution in [0.5, 0.6) is 0 Å². The quantitative estimate of drug-likeness (QED) is 0.617. The third-order valence-electron chi connectivity index (χ3n) is 4.18. The first-order valence-electron chi connectivity index (χ1n) is 8.33. The Bertz CT molecular complexity index is 1220. The fraction of sp³-hybridized carbons (Fsp3) is 0.167. The summed E-state index contributed by atoms with van der Waals surface area (Å²) in [6, 6.07) is 11.3. The molecule has 0 fully saturated rings. The van der Waals surface area contributed by atoms with Crippen LogP contribution in [0.3, 0.4) is 0 Å². The van der Waals surface area contributed by atoms with Crippen LogP contribution >= 0.6 is 23.1 Å². The van der Waals surface area contributed by atoms with Crippen molar-refractivity contribution in [3.8, 4) is 0 Å². The highest BCUT2D eigenvalue weighted by molar-refractivity contribution is 8.00. The lowest BCUT2D eigenvalue weighted by molar-refractivity contribution is -0.117. The molecule has 1 aliphatic rings. The first-order valence-corrected chi connectivity index (χ1v) is 11.9. The van der Waals surface area contributed by atoms with Gasteiger partial charge in [0.2, 0.25) is 5.91 Å². The van der Waals surface area contributed by atoms with E-state index in [4.69, 9.17) is 0 Å². The molecule has 0 saturated heterocycles. The van der Waals surface area contributed by atoms with Gasteiger partial charge in [-0.3, -0.25) is 14.5 Å². The molecule has 3 aromatic rings. The van der Waals surface area contributed by atoms with Crippen molar-refractivity contribution in [2.45, 2.75) is 22.2 Å². The lowest BCUT2D eigenvalue weighted by atomic mass is 10.2. The van der Waals surface area contributed by atoms with E-state index in [-0.39, 0.29) is 16.6 Å². The summed E-state index contributed by atoms with van der Waals surface area (Å²) in [5, 5.41) is 2.83. The summed E-state index contributed by atoms with van der Waals surface area (Å²) in [7, 11) is -3.63. The molecule has 1 amide bonds. The van der Waals surface area contributed by atoms with Gasteiger partial charge in [-0.2, -0.15) is 0 Å². The number of thiazole rings is 1. The van der Waals surface area contributed by atoms with Crippen LogP contribution in [0.1, 0.15) is 12.5 Å². The topological polar surface area (TPSA) is 101 Å². The van der Waals surface area contributed by atoms with Gasteiger partial charge in [-0.1, -0.05) is 23.9 Å². The van der Waals surface area contributed by atoms with Crippen LogP contribution < -0.4 is 10.0 Å². The molecule has 1 aliphatic heterocycles. The molecule has 7 nitrogen and oxygen atoms in total. The van der Waals surface area contributed by atoms with Gasteiger partial charge in [-0.15, -0.1) is 11.3 Å². The van der Waals surface area contributed by atoms with E-state index in [1.54, 1.807) is 54.3 Å². The Kier molecular flexibility index (Phi) is 4.86. The van der Waals surface area contributed by atoms with Crippen LogP contribution in [0.15, 0.2) is 56.7 Å². The number of nitrogens with one attached hydrogen (secondary N) is 2. The lowest BCUT2D eigenvalue weighted by Gasteiger charge is -2.10. The van der Waals surface area contributed by atoms with Crippen LogP contribution in [0.4, 0.5) is 5.69 Å². The zero-order chi connectivity index (χ0) is 19.9. The molecule has 2 aromatic carbocycles. The molecular formula is C18H16N4O3S3. The van der Waals surface area contributed by atoms with E-state index in [9.17, 15) is 13.2 Å². The summed E-state index contributed by atoms with van der Waals surface area (Å²) in [5.74, 6) is -0.147. The summed E-state index contributed by atoms with van der Waals surface area (Å²) < 4.78 is 28.7. The maximum absolute atomic E-state index is 12.6. The zero-order valence-corrected chi connectivity index (χ0v) is 17.4. The van der Waals surface area contributed by atoms with Gasteiger partial charge >= 0.3 is 0 Å². The maximum atomic E-state index is 12.6. The number of rotatable bonds is 4. The van der Waals surface area contributed by atoms with Crippen molar-refractivity contribution < 1.29 is 13.2 Å². The largest absolute Gasteiger partial charge is 0.324 e. The van der Waals surface area contributed by atoms with Crippen LogP contribution in [0.2, 0.25) is 0 Å². The standard InChI is InChI=1S/C18H16N4O3S3/c1-10(19-16-12-5-3-4-6-15(12)28(24,25)22-16)17(23)20-11-7-8-13-14(9-11)27-18(21-13)26-2/h3-10H,1-2H3,(H,19,22)(H,20,23). The van der Waals surface area contributed by atoms with E-state index in [0.717, 1.165) is 14.6 Å². The van der Waals surface area contributed by atoms with Crippen molar-refractivity contribution in [1.82, 2.24) is 9.71 Å². The molecule has 0 bridgehead atoms. The molecular weight excluding hydrogens is 416 g/mol. The Balaban J connectivity index is 1.55. The number of aromatic nitrogens is 1. The van der Waals surface area contributed by atoms with Crippen molar-refractivity contribution in [3.05, 3.63) is 48.0 Å². The highest BCUT2D eigenvalue weighted by Gasteiger charge is 2.31. The second kappa shape index (κ2) is 7.19. The number of thioether (sulfide) groups is 1. The number of hydrogen-bond acceptors (Lipinski definition) is 7. The molecule has 1 unspecified atom stereocenters. The van der Waals surface area contributed by atoms with Crippen molar-refractivity contribution in [3.63, 3.8) is 0 Å². The van der Waals surface area contributed by atoms with Crippen molar-refractivity contribution in [1.29, 1.82) is 0 Å². The Hall–Kier alpha value is -2.43. The van der Waals surface area contributed by atoms with E-state index in [2.05, 4.69) is 20.0 Å². The summed E-state index contributed by atoms with van der Waals surface area (Å²) >= 11 is 3.14. The monoisotopic (exact) mass is 432 g/mol. The minimum Gasteiger partial charge on any atom is -0.324 e. The molecule has 0 saturated carbocycles. The normalized spacial score (nSPS) is 17.3. The molecule has 0 radical (unpaired) electrons. The van der Waals surface area contributed by atoms with Crippen molar-refractivity contribution >= 4 is 60.8 Å². The fourth-order valence-corrected chi connectivity index (χ4v) is 5.56. The van der Waals surface area contributed by atoms with Gasteiger partial charge in [0.25, 0.3) is 10.0 Å². The number of carbonyl (C=O) groups is 1. The van der Waals surface area contributed by atoms with Gasteiger partial charge in [0.1, 0.15) is 11.9 Å². The number of anilines is 1. The minimum absolute atomic E-state index is 0.168. The first kappa shape index (κ1) is 18.9. The van der Waals surface area contributed by atoms with Gasteiger partial charge in [0.05, 0.1) is 15.1 Å². The van der Waals surface area contributed by atoms with E-state index in [1.807, 2.05) is 18.4 Å². The summed E-state index contributed by atoms with van der Waals surface area (Å²) in [6.45, 7) is 1.62. The second-order valence-corrected chi connectivity index (χ2v) is 9.85. The number of benzene rings is 2. The molecule has 1 aromatic heterocycles. The van der Waals surface area contributed by atoms with E-state index >= 15 is 0 Å². The van der Waals surface area contributed by atoms with Crippen LogP contribution in [-0.4, -0.2) is 37.4 Å². The first-order chi connectivity index (χ1) is 13.4.